The number of carboxylic acid groups (broad SMARTS) is 1. The molecular weight excluding hydrogens is 152 g/mol. The highest BCUT2D eigenvalue weighted by molar-refractivity contribution is 5.68. The Hall–Kier alpha value is -0.790. The molecule has 2 heteroatoms. The van der Waals surface area contributed by atoms with Crippen molar-refractivity contribution in [2.45, 2.75) is 32.6 Å². The maximum atomic E-state index is 10.6. The summed E-state index contributed by atoms with van der Waals surface area (Å²) in [4.78, 5) is 10.6. The minimum atomic E-state index is -0.648. The van der Waals surface area contributed by atoms with E-state index in [4.69, 9.17) is 5.11 Å². The topological polar surface area (TPSA) is 37.3 Å². The normalized spacial score (nSPS) is 38.4. The molecule has 66 valence electrons. The van der Waals surface area contributed by atoms with Crippen LogP contribution in [0, 0.1) is 11.3 Å². The predicted octanol–water partition coefficient (Wildman–Crippen LogP) is 2.21. The van der Waals surface area contributed by atoms with E-state index < -0.39 is 5.97 Å². The van der Waals surface area contributed by atoms with E-state index in [0.29, 0.717) is 12.3 Å². The van der Waals surface area contributed by atoms with Gasteiger partial charge in [0.05, 0.1) is 6.42 Å². The van der Waals surface area contributed by atoms with Gasteiger partial charge in [0.1, 0.15) is 0 Å². The molecule has 2 nitrogen and oxygen atoms in total. The molecule has 0 radical (unpaired) electrons. The largest absolute Gasteiger partial charge is 0.481 e. The lowest BCUT2D eigenvalue weighted by atomic mass is 9.74. The summed E-state index contributed by atoms with van der Waals surface area (Å²) >= 11 is 0. The molecule has 2 rings (SSSR count). The van der Waals surface area contributed by atoms with E-state index in [2.05, 4.69) is 13.0 Å². The average molecular weight is 166 g/mol. The van der Waals surface area contributed by atoms with Gasteiger partial charge in [-0.2, -0.15) is 0 Å². The van der Waals surface area contributed by atoms with Crippen LogP contribution in [0.5, 0.6) is 0 Å². The Labute approximate surface area is 72.3 Å². The monoisotopic (exact) mass is 166 g/mol. The van der Waals surface area contributed by atoms with Gasteiger partial charge in [0.2, 0.25) is 0 Å². The minimum absolute atomic E-state index is 0.0654. The smallest absolute Gasteiger partial charge is 0.303 e. The van der Waals surface area contributed by atoms with Crippen LogP contribution in [0.15, 0.2) is 11.6 Å². The Morgan fingerprint density at radius 2 is 2.58 bits per heavy atom. The molecule has 2 aliphatic carbocycles. The molecule has 1 saturated carbocycles. The summed E-state index contributed by atoms with van der Waals surface area (Å²) in [6.07, 6.45) is 5.91. The molecule has 0 amide bonds. The molecule has 0 aliphatic heterocycles. The quantitative estimate of drug-likeness (QED) is 0.638. The van der Waals surface area contributed by atoms with Gasteiger partial charge in [-0.1, -0.05) is 18.6 Å². The first-order valence-electron chi connectivity index (χ1n) is 4.50. The van der Waals surface area contributed by atoms with E-state index in [1.54, 1.807) is 0 Å². The van der Waals surface area contributed by atoms with Crippen LogP contribution in [0.1, 0.15) is 32.6 Å². The number of carboxylic acids is 1. The van der Waals surface area contributed by atoms with E-state index >= 15 is 0 Å². The number of hydrogen-bond donors (Lipinski definition) is 1. The fourth-order valence-corrected chi connectivity index (χ4v) is 2.68. The highest BCUT2D eigenvalue weighted by atomic mass is 16.4. The van der Waals surface area contributed by atoms with Crippen LogP contribution in [-0.4, -0.2) is 11.1 Å². The fourth-order valence-electron chi connectivity index (χ4n) is 2.68. The van der Waals surface area contributed by atoms with Gasteiger partial charge in [0, 0.05) is 0 Å². The Bertz CT molecular complexity index is 255. The maximum Gasteiger partial charge on any atom is 0.303 e. The summed E-state index contributed by atoms with van der Waals surface area (Å²) in [5.74, 6) is -0.0331. The van der Waals surface area contributed by atoms with Crippen molar-refractivity contribution in [3.63, 3.8) is 0 Å². The van der Waals surface area contributed by atoms with Crippen LogP contribution in [0.4, 0.5) is 0 Å². The molecule has 2 aliphatic rings. The molecule has 12 heavy (non-hydrogen) atoms. The van der Waals surface area contributed by atoms with Crippen LogP contribution in [0.2, 0.25) is 0 Å². The second-order valence-corrected chi connectivity index (χ2v) is 4.40. The molecule has 0 spiro atoms. The van der Waals surface area contributed by atoms with Crippen molar-refractivity contribution < 1.29 is 9.90 Å². The number of aliphatic carboxylic acids is 1. The molecule has 1 fully saturated rings. The van der Waals surface area contributed by atoms with Gasteiger partial charge in [0.25, 0.3) is 0 Å². The van der Waals surface area contributed by atoms with Crippen molar-refractivity contribution in [2.75, 3.05) is 0 Å². The standard InChI is InChI=1S/C10H14O2/c1-10(6-9(11)12)5-7-2-3-8(10)4-7/h2,8H,3-6H2,1H3,(H,11,12). The van der Waals surface area contributed by atoms with Crippen LogP contribution in [0.25, 0.3) is 0 Å². The molecule has 2 atom stereocenters. The Morgan fingerprint density at radius 3 is 3.00 bits per heavy atom. The second kappa shape index (κ2) is 2.35. The number of carbonyl (C=O) groups is 1. The van der Waals surface area contributed by atoms with E-state index in [0.717, 1.165) is 19.3 Å². The van der Waals surface area contributed by atoms with Crippen LogP contribution < -0.4 is 0 Å². The number of rotatable bonds is 2. The molecule has 2 bridgehead atoms. The first-order chi connectivity index (χ1) is 5.60. The molecular formula is C10H14O2. The third-order valence-electron chi connectivity index (χ3n) is 3.37. The summed E-state index contributed by atoms with van der Waals surface area (Å²) in [5, 5.41) is 8.75. The molecule has 0 aromatic heterocycles. The second-order valence-electron chi connectivity index (χ2n) is 4.40. The first kappa shape index (κ1) is 7.84. The summed E-state index contributed by atoms with van der Waals surface area (Å²) < 4.78 is 0. The van der Waals surface area contributed by atoms with Gasteiger partial charge in [0.15, 0.2) is 0 Å². The van der Waals surface area contributed by atoms with E-state index in [1.165, 1.54) is 5.57 Å². The van der Waals surface area contributed by atoms with Crippen molar-refractivity contribution in [1.29, 1.82) is 0 Å². The van der Waals surface area contributed by atoms with Crippen molar-refractivity contribution >= 4 is 5.97 Å². The van der Waals surface area contributed by atoms with Gasteiger partial charge < -0.3 is 5.11 Å². The lowest BCUT2D eigenvalue weighted by Gasteiger charge is -2.30. The number of allylic oxidation sites excluding steroid dienone is 2. The zero-order valence-electron chi connectivity index (χ0n) is 7.34. The van der Waals surface area contributed by atoms with Crippen molar-refractivity contribution in [2.24, 2.45) is 11.3 Å². The van der Waals surface area contributed by atoms with Gasteiger partial charge in [-0.15, -0.1) is 0 Å². The first-order valence-corrected chi connectivity index (χ1v) is 4.50. The van der Waals surface area contributed by atoms with Crippen LogP contribution in [0.3, 0.4) is 0 Å². The minimum Gasteiger partial charge on any atom is -0.481 e. The van der Waals surface area contributed by atoms with Gasteiger partial charge in [-0.25, -0.2) is 0 Å². The lowest BCUT2D eigenvalue weighted by Crippen LogP contribution is -2.25. The Morgan fingerprint density at radius 1 is 1.83 bits per heavy atom. The highest BCUT2D eigenvalue weighted by Gasteiger charge is 2.44. The third-order valence-corrected chi connectivity index (χ3v) is 3.37. The van der Waals surface area contributed by atoms with Crippen molar-refractivity contribution in [1.82, 2.24) is 0 Å². The van der Waals surface area contributed by atoms with E-state index in [-0.39, 0.29) is 5.41 Å². The molecule has 2 unspecified atom stereocenters. The van der Waals surface area contributed by atoms with Crippen LogP contribution >= 0.6 is 0 Å². The maximum absolute atomic E-state index is 10.6. The molecule has 1 N–H and O–H groups in total. The average Bonchev–Trinajstić information content (AvgIpc) is 2.42. The summed E-state index contributed by atoms with van der Waals surface area (Å²) in [5.41, 5.74) is 1.55. The SMILES string of the molecule is CC1(CC(=O)O)CC2=CCC1C2. The molecule has 0 aromatic carbocycles. The Kier molecular flexibility index (Phi) is 1.53. The number of hydrogen-bond acceptors (Lipinski definition) is 1. The van der Waals surface area contributed by atoms with Crippen LogP contribution in [-0.2, 0) is 4.79 Å². The predicted molar refractivity (Wildman–Crippen MR) is 45.8 cm³/mol. The van der Waals surface area contributed by atoms with Gasteiger partial charge in [-0.3, -0.25) is 4.79 Å². The number of fused-ring (bicyclic) bond motifs is 2. The summed E-state index contributed by atoms with van der Waals surface area (Å²) in [7, 11) is 0. The zero-order valence-corrected chi connectivity index (χ0v) is 7.34. The zero-order chi connectivity index (χ0) is 8.77. The molecule has 0 aromatic rings. The van der Waals surface area contributed by atoms with Gasteiger partial charge >= 0.3 is 5.97 Å². The molecule has 0 saturated heterocycles. The summed E-state index contributed by atoms with van der Waals surface area (Å²) in [6.45, 7) is 2.12. The molecule has 0 heterocycles. The summed E-state index contributed by atoms with van der Waals surface area (Å²) in [6, 6.07) is 0. The van der Waals surface area contributed by atoms with E-state index in [9.17, 15) is 4.79 Å². The fraction of sp³-hybridized carbons (Fsp3) is 0.700. The third kappa shape index (κ3) is 1.06. The van der Waals surface area contributed by atoms with Gasteiger partial charge in [-0.05, 0) is 30.6 Å². The van der Waals surface area contributed by atoms with E-state index in [1.807, 2.05) is 0 Å². The lowest BCUT2D eigenvalue weighted by molar-refractivity contribution is -0.140. The van der Waals surface area contributed by atoms with Crippen molar-refractivity contribution in [3.05, 3.63) is 11.6 Å². The highest BCUT2D eigenvalue weighted by Crippen LogP contribution is 2.54. The van der Waals surface area contributed by atoms with Crippen molar-refractivity contribution in [3.8, 4) is 0 Å². The Balaban J connectivity index is 2.13.